The summed E-state index contributed by atoms with van der Waals surface area (Å²) in [6.45, 7) is 7.84. The largest absolute Gasteiger partial charge is 0.314 e. The molecule has 0 saturated carbocycles. The zero-order valence-corrected chi connectivity index (χ0v) is 12.1. The molecule has 1 heterocycles. The van der Waals surface area contributed by atoms with Gasteiger partial charge in [-0.2, -0.15) is 0 Å². The number of nitrogens with one attached hydrogen (secondary N) is 1. The van der Waals surface area contributed by atoms with E-state index >= 15 is 0 Å². The van der Waals surface area contributed by atoms with E-state index in [4.69, 9.17) is 0 Å². The van der Waals surface area contributed by atoms with Crippen LogP contribution >= 0.6 is 27.3 Å². The van der Waals surface area contributed by atoms with Crippen molar-refractivity contribution in [3.8, 4) is 0 Å². The Labute approximate surface area is 105 Å². The van der Waals surface area contributed by atoms with Crippen LogP contribution < -0.4 is 5.32 Å². The van der Waals surface area contributed by atoms with Crippen molar-refractivity contribution in [3.05, 3.63) is 20.8 Å². The van der Waals surface area contributed by atoms with Gasteiger partial charge in [-0.3, -0.25) is 0 Å². The Morgan fingerprint density at radius 3 is 2.60 bits per heavy atom. The minimum absolute atomic E-state index is 0.600. The zero-order chi connectivity index (χ0) is 11.3. The molecule has 0 aliphatic rings. The molecule has 0 spiro atoms. The summed E-state index contributed by atoms with van der Waals surface area (Å²) in [4.78, 5) is 1.48. The highest BCUT2D eigenvalue weighted by Gasteiger charge is 2.04. The summed E-state index contributed by atoms with van der Waals surface area (Å²) in [5, 5.41) is 3.48. The fourth-order valence-corrected chi connectivity index (χ4v) is 2.91. The SMILES string of the molecule is CC(CCc1ccc(Br)s1)CNC(C)C. The molecule has 0 saturated heterocycles. The molecule has 0 aromatic carbocycles. The standard InChI is InChI=1S/C12H20BrNS/c1-9(2)14-8-10(3)4-5-11-6-7-12(13)15-11/h6-7,9-10,14H,4-5,8H2,1-3H3. The van der Waals surface area contributed by atoms with Crippen molar-refractivity contribution < 1.29 is 0 Å². The second-order valence-electron chi connectivity index (χ2n) is 4.41. The molecule has 0 amide bonds. The molecule has 1 aromatic heterocycles. The number of thiophene rings is 1. The van der Waals surface area contributed by atoms with Gasteiger partial charge in [-0.1, -0.05) is 20.8 Å². The normalized spacial score (nSPS) is 13.4. The van der Waals surface area contributed by atoms with E-state index in [1.165, 1.54) is 21.5 Å². The second-order valence-corrected chi connectivity index (χ2v) is 6.96. The van der Waals surface area contributed by atoms with Crippen LogP contribution in [-0.4, -0.2) is 12.6 Å². The Kier molecular flexibility index (Phi) is 5.87. The van der Waals surface area contributed by atoms with E-state index in [9.17, 15) is 0 Å². The molecule has 0 radical (unpaired) electrons. The highest BCUT2D eigenvalue weighted by atomic mass is 79.9. The summed E-state index contributed by atoms with van der Waals surface area (Å²) >= 11 is 5.35. The molecule has 1 unspecified atom stereocenters. The molecule has 1 aromatic rings. The minimum Gasteiger partial charge on any atom is -0.314 e. The van der Waals surface area contributed by atoms with Crippen molar-refractivity contribution in [2.45, 2.75) is 39.7 Å². The lowest BCUT2D eigenvalue weighted by atomic mass is 10.0. The minimum atomic E-state index is 0.600. The van der Waals surface area contributed by atoms with Gasteiger partial charge in [-0.15, -0.1) is 11.3 Å². The van der Waals surface area contributed by atoms with E-state index in [2.05, 4.69) is 54.2 Å². The van der Waals surface area contributed by atoms with Crippen LogP contribution in [0.3, 0.4) is 0 Å². The molecular weight excluding hydrogens is 270 g/mol. The highest BCUT2D eigenvalue weighted by Crippen LogP contribution is 2.23. The average Bonchev–Trinajstić information content (AvgIpc) is 2.58. The maximum atomic E-state index is 3.50. The van der Waals surface area contributed by atoms with Gasteiger partial charge in [0.15, 0.2) is 0 Å². The van der Waals surface area contributed by atoms with Crippen molar-refractivity contribution in [1.82, 2.24) is 5.32 Å². The predicted octanol–water partition coefficient (Wildman–Crippen LogP) is 4.08. The summed E-state index contributed by atoms with van der Waals surface area (Å²) < 4.78 is 1.24. The van der Waals surface area contributed by atoms with Gasteiger partial charge < -0.3 is 5.32 Å². The smallest absolute Gasteiger partial charge is 0.0701 e. The van der Waals surface area contributed by atoms with Crippen molar-refractivity contribution in [2.75, 3.05) is 6.54 Å². The quantitative estimate of drug-likeness (QED) is 0.832. The summed E-state index contributed by atoms with van der Waals surface area (Å²) in [5.41, 5.74) is 0. The fraction of sp³-hybridized carbons (Fsp3) is 0.667. The Bertz CT molecular complexity index is 283. The topological polar surface area (TPSA) is 12.0 Å². The molecule has 86 valence electrons. The number of hydrogen-bond acceptors (Lipinski definition) is 2. The molecular formula is C12H20BrNS. The Hall–Kier alpha value is 0.140. The maximum absolute atomic E-state index is 3.50. The van der Waals surface area contributed by atoms with Crippen molar-refractivity contribution in [1.29, 1.82) is 0 Å². The summed E-state index contributed by atoms with van der Waals surface area (Å²) in [6.07, 6.45) is 2.48. The van der Waals surface area contributed by atoms with Crippen LogP contribution in [0.4, 0.5) is 0 Å². The van der Waals surface area contributed by atoms with Crippen molar-refractivity contribution in [3.63, 3.8) is 0 Å². The molecule has 0 aliphatic carbocycles. The Morgan fingerprint density at radius 2 is 2.07 bits per heavy atom. The molecule has 0 fully saturated rings. The van der Waals surface area contributed by atoms with Crippen LogP contribution in [0.25, 0.3) is 0 Å². The van der Waals surface area contributed by atoms with E-state index in [1.54, 1.807) is 0 Å². The van der Waals surface area contributed by atoms with Crippen LogP contribution in [-0.2, 0) is 6.42 Å². The van der Waals surface area contributed by atoms with E-state index in [0.717, 1.165) is 12.5 Å². The van der Waals surface area contributed by atoms with E-state index in [1.807, 2.05) is 11.3 Å². The molecule has 0 bridgehead atoms. The number of hydrogen-bond donors (Lipinski definition) is 1. The first kappa shape index (κ1) is 13.2. The zero-order valence-electron chi connectivity index (χ0n) is 9.72. The predicted molar refractivity (Wildman–Crippen MR) is 72.6 cm³/mol. The maximum Gasteiger partial charge on any atom is 0.0701 e. The Morgan fingerprint density at radius 1 is 1.33 bits per heavy atom. The lowest BCUT2D eigenvalue weighted by molar-refractivity contribution is 0.455. The molecule has 3 heteroatoms. The first-order valence-electron chi connectivity index (χ1n) is 5.55. The van der Waals surface area contributed by atoms with Gasteiger partial charge in [0.2, 0.25) is 0 Å². The van der Waals surface area contributed by atoms with Crippen LogP contribution in [0, 0.1) is 5.92 Å². The van der Waals surface area contributed by atoms with Crippen LogP contribution in [0.1, 0.15) is 32.1 Å². The highest BCUT2D eigenvalue weighted by molar-refractivity contribution is 9.11. The van der Waals surface area contributed by atoms with E-state index in [0.29, 0.717) is 6.04 Å². The van der Waals surface area contributed by atoms with E-state index < -0.39 is 0 Å². The molecule has 1 atom stereocenters. The lowest BCUT2D eigenvalue weighted by Crippen LogP contribution is -2.27. The van der Waals surface area contributed by atoms with Gasteiger partial charge in [0.05, 0.1) is 3.79 Å². The van der Waals surface area contributed by atoms with Gasteiger partial charge in [-0.05, 0) is 53.4 Å². The van der Waals surface area contributed by atoms with Crippen LogP contribution in [0.2, 0.25) is 0 Å². The van der Waals surface area contributed by atoms with Crippen molar-refractivity contribution in [2.24, 2.45) is 5.92 Å². The van der Waals surface area contributed by atoms with Crippen molar-refractivity contribution >= 4 is 27.3 Å². The van der Waals surface area contributed by atoms with Gasteiger partial charge in [-0.25, -0.2) is 0 Å². The number of aryl methyl sites for hydroxylation is 1. The molecule has 1 rings (SSSR count). The third-order valence-corrected chi connectivity index (χ3v) is 4.07. The van der Waals surface area contributed by atoms with Crippen LogP contribution in [0.5, 0.6) is 0 Å². The molecule has 0 aliphatic heterocycles. The summed E-state index contributed by atoms with van der Waals surface area (Å²) in [7, 11) is 0. The summed E-state index contributed by atoms with van der Waals surface area (Å²) in [5.74, 6) is 0.758. The molecule has 1 nitrogen and oxygen atoms in total. The average molecular weight is 290 g/mol. The lowest BCUT2D eigenvalue weighted by Gasteiger charge is -2.14. The third-order valence-electron chi connectivity index (χ3n) is 2.39. The van der Waals surface area contributed by atoms with Crippen LogP contribution in [0.15, 0.2) is 15.9 Å². The first-order chi connectivity index (χ1) is 7.08. The number of halogens is 1. The summed E-state index contributed by atoms with van der Waals surface area (Å²) in [6, 6.07) is 4.96. The van der Waals surface area contributed by atoms with Gasteiger partial charge >= 0.3 is 0 Å². The van der Waals surface area contributed by atoms with Gasteiger partial charge in [0.25, 0.3) is 0 Å². The first-order valence-corrected chi connectivity index (χ1v) is 7.16. The number of rotatable bonds is 6. The monoisotopic (exact) mass is 289 g/mol. The Balaban J connectivity index is 2.19. The molecule has 1 N–H and O–H groups in total. The fourth-order valence-electron chi connectivity index (χ4n) is 1.41. The van der Waals surface area contributed by atoms with Gasteiger partial charge in [0, 0.05) is 10.9 Å². The van der Waals surface area contributed by atoms with Gasteiger partial charge in [0.1, 0.15) is 0 Å². The molecule has 15 heavy (non-hydrogen) atoms. The third kappa shape index (κ3) is 5.69. The second kappa shape index (κ2) is 6.66. The van der Waals surface area contributed by atoms with E-state index in [-0.39, 0.29) is 0 Å².